The van der Waals surface area contributed by atoms with Crippen LogP contribution < -0.4 is 10.3 Å². The highest BCUT2D eigenvalue weighted by atomic mass is 19.1. The van der Waals surface area contributed by atoms with Gasteiger partial charge in [0.25, 0.3) is 5.56 Å². The lowest BCUT2D eigenvalue weighted by Crippen LogP contribution is -2.46. The first kappa shape index (κ1) is 19.2. The zero-order chi connectivity index (χ0) is 20.7. The van der Waals surface area contributed by atoms with E-state index in [1.54, 1.807) is 6.92 Å². The van der Waals surface area contributed by atoms with Crippen LogP contribution in [0.3, 0.4) is 0 Å². The minimum atomic E-state index is -0.691. The molecule has 2 aromatic heterocycles. The molecule has 1 saturated carbocycles. The lowest BCUT2D eigenvalue weighted by atomic mass is 9.90. The van der Waals surface area contributed by atoms with Crippen molar-refractivity contribution in [1.29, 1.82) is 0 Å². The predicted molar refractivity (Wildman–Crippen MR) is 113 cm³/mol. The maximum atomic E-state index is 13.5. The fraction of sp³-hybridized carbons (Fsp3) is 0.435. The smallest absolute Gasteiger partial charge is 0.266 e. The second kappa shape index (κ2) is 7.80. The summed E-state index contributed by atoms with van der Waals surface area (Å²) in [6.45, 7) is 3.97. The van der Waals surface area contributed by atoms with Gasteiger partial charge in [-0.3, -0.25) is 9.36 Å². The first-order valence-electron chi connectivity index (χ1n) is 10.6. The molecular weight excluding hydrogens is 383 g/mol. The molecule has 1 aliphatic heterocycles. The predicted octanol–water partition coefficient (Wildman–Crippen LogP) is 3.62. The molecule has 1 aromatic carbocycles. The van der Waals surface area contributed by atoms with Crippen LogP contribution in [0.5, 0.6) is 5.75 Å². The number of likely N-dealkylation sites (tertiary alicyclic amines) is 1. The summed E-state index contributed by atoms with van der Waals surface area (Å²) in [5.74, 6) is 0.636. The van der Waals surface area contributed by atoms with Crippen molar-refractivity contribution in [1.82, 2.24) is 19.4 Å². The normalized spacial score (nSPS) is 18.5. The van der Waals surface area contributed by atoms with Crippen molar-refractivity contribution in [3.63, 3.8) is 0 Å². The SMILES string of the molecule is Cc1nc2cnc(F)cc2c(=O)n1-c1ccc(OC2CCN(C3CCC3)CC2)cc1. The Kier molecular flexibility index (Phi) is 4.98. The molecule has 0 spiro atoms. The molecular formula is C23H25FN4O2. The third kappa shape index (κ3) is 3.58. The lowest BCUT2D eigenvalue weighted by molar-refractivity contribution is 0.0493. The van der Waals surface area contributed by atoms with Crippen molar-refractivity contribution in [2.75, 3.05) is 13.1 Å². The largest absolute Gasteiger partial charge is 0.490 e. The van der Waals surface area contributed by atoms with Gasteiger partial charge in [-0.1, -0.05) is 6.42 Å². The van der Waals surface area contributed by atoms with Crippen LogP contribution in [0.25, 0.3) is 16.6 Å². The molecule has 5 rings (SSSR count). The van der Waals surface area contributed by atoms with Crippen molar-refractivity contribution >= 4 is 10.9 Å². The second-order valence-corrected chi connectivity index (χ2v) is 8.26. The summed E-state index contributed by atoms with van der Waals surface area (Å²) < 4.78 is 21.2. The standard InChI is InChI=1S/C23H25FN4O2/c1-15-26-21-14-25-22(24)13-20(21)23(29)28(15)17-5-7-18(8-6-17)30-19-9-11-27(12-10-19)16-3-2-4-16/h5-8,13-14,16,19H,2-4,9-12H2,1H3. The minimum Gasteiger partial charge on any atom is -0.490 e. The second-order valence-electron chi connectivity index (χ2n) is 8.26. The lowest BCUT2D eigenvalue weighted by Gasteiger charge is -2.41. The van der Waals surface area contributed by atoms with Gasteiger partial charge in [0.2, 0.25) is 5.95 Å². The van der Waals surface area contributed by atoms with E-state index in [1.807, 2.05) is 24.3 Å². The first-order valence-corrected chi connectivity index (χ1v) is 10.6. The zero-order valence-corrected chi connectivity index (χ0v) is 17.1. The Morgan fingerprint density at radius 2 is 1.83 bits per heavy atom. The van der Waals surface area contributed by atoms with E-state index in [1.165, 1.54) is 30.0 Å². The van der Waals surface area contributed by atoms with Crippen LogP contribution in [0.4, 0.5) is 4.39 Å². The van der Waals surface area contributed by atoms with Gasteiger partial charge in [0.15, 0.2) is 0 Å². The Labute approximate surface area is 174 Å². The summed E-state index contributed by atoms with van der Waals surface area (Å²) in [4.78, 5) is 23.5. The number of rotatable bonds is 4. The molecule has 0 atom stereocenters. The highest BCUT2D eigenvalue weighted by molar-refractivity contribution is 5.76. The van der Waals surface area contributed by atoms with Crippen LogP contribution in [0.1, 0.15) is 37.9 Å². The summed E-state index contributed by atoms with van der Waals surface area (Å²) in [5.41, 5.74) is 0.760. The van der Waals surface area contributed by atoms with Gasteiger partial charge in [-0.2, -0.15) is 4.39 Å². The Hall–Kier alpha value is -2.80. The molecule has 2 fully saturated rings. The van der Waals surface area contributed by atoms with Crippen molar-refractivity contribution in [3.05, 3.63) is 58.7 Å². The van der Waals surface area contributed by atoms with E-state index in [4.69, 9.17) is 4.74 Å². The number of aromatic nitrogens is 3. The minimum absolute atomic E-state index is 0.214. The highest BCUT2D eigenvalue weighted by Gasteiger charge is 2.29. The number of pyridine rings is 1. The number of halogens is 1. The van der Waals surface area contributed by atoms with E-state index in [-0.39, 0.29) is 17.0 Å². The third-order valence-corrected chi connectivity index (χ3v) is 6.35. The number of hydrogen-bond donors (Lipinski definition) is 0. The fourth-order valence-electron chi connectivity index (χ4n) is 4.46. The molecule has 0 bridgehead atoms. The van der Waals surface area contributed by atoms with Crippen LogP contribution in [-0.4, -0.2) is 44.7 Å². The van der Waals surface area contributed by atoms with Gasteiger partial charge in [-0.25, -0.2) is 9.97 Å². The number of benzene rings is 1. The average molecular weight is 408 g/mol. The van der Waals surface area contributed by atoms with E-state index in [9.17, 15) is 9.18 Å². The van der Waals surface area contributed by atoms with Crippen molar-refractivity contribution < 1.29 is 9.13 Å². The Balaban J connectivity index is 1.32. The van der Waals surface area contributed by atoms with E-state index in [0.29, 0.717) is 17.0 Å². The molecule has 156 valence electrons. The molecule has 3 heterocycles. The Morgan fingerprint density at radius 1 is 1.10 bits per heavy atom. The number of piperidine rings is 1. The summed E-state index contributed by atoms with van der Waals surface area (Å²) >= 11 is 0. The Bertz CT molecular complexity index is 1120. The van der Waals surface area contributed by atoms with Crippen LogP contribution >= 0.6 is 0 Å². The van der Waals surface area contributed by atoms with Crippen molar-refractivity contribution in [2.45, 2.75) is 51.2 Å². The summed E-state index contributed by atoms with van der Waals surface area (Å²) in [7, 11) is 0. The zero-order valence-electron chi connectivity index (χ0n) is 17.1. The van der Waals surface area contributed by atoms with E-state index in [0.717, 1.165) is 43.8 Å². The number of nitrogens with zero attached hydrogens (tertiary/aromatic N) is 4. The number of hydrogen-bond acceptors (Lipinski definition) is 5. The maximum absolute atomic E-state index is 13.5. The van der Waals surface area contributed by atoms with Crippen LogP contribution in [0, 0.1) is 12.9 Å². The van der Waals surface area contributed by atoms with Gasteiger partial charge >= 0.3 is 0 Å². The van der Waals surface area contributed by atoms with Gasteiger partial charge in [-0.15, -0.1) is 0 Å². The molecule has 1 aliphatic carbocycles. The molecule has 30 heavy (non-hydrogen) atoms. The summed E-state index contributed by atoms with van der Waals surface area (Å²) in [6.07, 6.45) is 7.67. The van der Waals surface area contributed by atoms with E-state index in [2.05, 4.69) is 14.9 Å². The van der Waals surface area contributed by atoms with E-state index >= 15 is 0 Å². The molecule has 6 nitrogen and oxygen atoms in total. The number of fused-ring (bicyclic) bond motifs is 1. The van der Waals surface area contributed by atoms with Crippen LogP contribution in [-0.2, 0) is 0 Å². The molecule has 2 aliphatic rings. The van der Waals surface area contributed by atoms with Crippen molar-refractivity contribution in [2.24, 2.45) is 0 Å². The van der Waals surface area contributed by atoms with Gasteiger partial charge < -0.3 is 9.64 Å². The molecule has 1 saturated heterocycles. The van der Waals surface area contributed by atoms with Crippen LogP contribution in [0.15, 0.2) is 41.3 Å². The average Bonchev–Trinajstić information content (AvgIpc) is 2.70. The Morgan fingerprint density at radius 3 is 2.50 bits per heavy atom. The first-order chi connectivity index (χ1) is 14.6. The summed E-state index contributed by atoms with van der Waals surface area (Å²) in [6, 6.07) is 9.39. The van der Waals surface area contributed by atoms with Gasteiger partial charge in [-0.05, 0) is 56.9 Å². The molecule has 0 amide bonds. The fourth-order valence-corrected chi connectivity index (χ4v) is 4.46. The maximum Gasteiger partial charge on any atom is 0.266 e. The monoisotopic (exact) mass is 408 g/mol. The number of aryl methyl sites for hydroxylation is 1. The molecule has 0 N–H and O–H groups in total. The van der Waals surface area contributed by atoms with Crippen molar-refractivity contribution in [3.8, 4) is 11.4 Å². The number of ether oxygens (including phenoxy) is 1. The highest BCUT2D eigenvalue weighted by Crippen LogP contribution is 2.28. The van der Waals surface area contributed by atoms with E-state index < -0.39 is 5.95 Å². The quantitative estimate of drug-likeness (QED) is 0.617. The topological polar surface area (TPSA) is 60.3 Å². The molecule has 0 radical (unpaired) electrons. The molecule has 3 aromatic rings. The third-order valence-electron chi connectivity index (χ3n) is 6.35. The summed E-state index contributed by atoms with van der Waals surface area (Å²) in [5, 5.41) is 0.214. The van der Waals surface area contributed by atoms with Crippen LogP contribution in [0.2, 0.25) is 0 Å². The molecule has 0 unspecified atom stereocenters. The van der Waals surface area contributed by atoms with Gasteiger partial charge in [0.1, 0.15) is 17.7 Å². The van der Waals surface area contributed by atoms with Gasteiger partial charge in [0.05, 0.1) is 22.8 Å². The van der Waals surface area contributed by atoms with Gasteiger partial charge in [0, 0.05) is 25.2 Å². The molecule has 7 heteroatoms.